The number of nitrogens with zero attached hydrogens (tertiary/aromatic N) is 2. The van der Waals surface area contributed by atoms with Gasteiger partial charge in [-0.05, 0) is 35.2 Å². The van der Waals surface area contributed by atoms with Crippen molar-refractivity contribution in [3.05, 3.63) is 46.4 Å². The van der Waals surface area contributed by atoms with Crippen LogP contribution in [0.4, 0.5) is 11.8 Å². The molecular weight excluding hydrogens is 368 g/mol. The van der Waals surface area contributed by atoms with Gasteiger partial charge in [0.15, 0.2) is 0 Å². The molecule has 0 radical (unpaired) electrons. The molecule has 0 atom stereocenters. The lowest BCUT2D eigenvalue weighted by molar-refractivity contribution is 0.486. The molecule has 1 heterocycles. The van der Waals surface area contributed by atoms with Crippen molar-refractivity contribution in [2.45, 2.75) is 26.2 Å². The first-order valence-corrected chi connectivity index (χ1v) is 8.34. The number of hydrogen-bond acceptors (Lipinski definition) is 5. The first kappa shape index (κ1) is 16.5. The highest BCUT2D eigenvalue weighted by atomic mass is 79.9. The van der Waals surface area contributed by atoms with Crippen LogP contribution in [-0.4, -0.2) is 9.97 Å². The van der Waals surface area contributed by atoms with E-state index in [2.05, 4.69) is 58.8 Å². The first-order chi connectivity index (χ1) is 11.2. The molecule has 0 spiro atoms. The SMILES string of the molecule is CC(C)(C)c1ccc(Oc2cc(Br)cc3nc(N)nc(N)c23)cc1. The minimum atomic E-state index is 0.0940. The Kier molecular flexibility index (Phi) is 4.09. The van der Waals surface area contributed by atoms with Gasteiger partial charge in [0.05, 0.1) is 10.9 Å². The van der Waals surface area contributed by atoms with Crippen LogP contribution >= 0.6 is 15.9 Å². The van der Waals surface area contributed by atoms with Crippen molar-refractivity contribution in [1.29, 1.82) is 0 Å². The Bertz CT molecular complexity index is 896. The average molecular weight is 387 g/mol. The summed E-state index contributed by atoms with van der Waals surface area (Å²) in [6, 6.07) is 11.7. The molecule has 0 aliphatic heterocycles. The molecule has 0 unspecified atom stereocenters. The van der Waals surface area contributed by atoms with Crippen LogP contribution in [-0.2, 0) is 5.41 Å². The third-order valence-corrected chi connectivity index (χ3v) is 4.18. The maximum atomic E-state index is 6.03. The van der Waals surface area contributed by atoms with Crippen LogP contribution in [0.15, 0.2) is 40.9 Å². The normalized spacial score (nSPS) is 11.7. The van der Waals surface area contributed by atoms with E-state index in [1.54, 1.807) is 0 Å². The van der Waals surface area contributed by atoms with Crippen molar-refractivity contribution in [2.24, 2.45) is 0 Å². The zero-order valence-electron chi connectivity index (χ0n) is 13.8. The van der Waals surface area contributed by atoms with Crippen LogP contribution in [0.1, 0.15) is 26.3 Å². The summed E-state index contributed by atoms with van der Waals surface area (Å²) in [5, 5.41) is 0.646. The van der Waals surface area contributed by atoms with E-state index in [0.717, 1.165) is 10.2 Å². The second kappa shape index (κ2) is 5.94. The molecule has 24 heavy (non-hydrogen) atoms. The maximum absolute atomic E-state index is 6.03. The second-order valence-corrected chi connectivity index (χ2v) is 7.56. The number of rotatable bonds is 2. The highest BCUT2D eigenvalue weighted by Gasteiger charge is 2.15. The lowest BCUT2D eigenvalue weighted by atomic mass is 9.87. The Hall–Kier alpha value is -2.34. The van der Waals surface area contributed by atoms with Crippen molar-refractivity contribution < 1.29 is 4.74 Å². The van der Waals surface area contributed by atoms with E-state index < -0.39 is 0 Å². The molecule has 2 aromatic carbocycles. The number of hydrogen-bond donors (Lipinski definition) is 2. The number of aromatic nitrogens is 2. The molecule has 124 valence electrons. The number of nitrogens with two attached hydrogens (primary N) is 2. The molecule has 6 heteroatoms. The predicted octanol–water partition coefficient (Wildman–Crippen LogP) is 4.65. The minimum Gasteiger partial charge on any atom is -0.456 e. The average Bonchev–Trinajstić information content (AvgIpc) is 2.45. The summed E-state index contributed by atoms with van der Waals surface area (Å²) in [5.41, 5.74) is 13.7. The number of ether oxygens (including phenoxy) is 1. The first-order valence-electron chi connectivity index (χ1n) is 7.55. The third-order valence-electron chi connectivity index (χ3n) is 3.72. The molecule has 0 aliphatic carbocycles. The number of benzene rings is 2. The van der Waals surface area contributed by atoms with Gasteiger partial charge in [0.1, 0.15) is 17.3 Å². The maximum Gasteiger partial charge on any atom is 0.222 e. The molecule has 0 fully saturated rings. The zero-order valence-corrected chi connectivity index (χ0v) is 15.4. The number of fused-ring (bicyclic) bond motifs is 1. The van der Waals surface area contributed by atoms with Crippen molar-refractivity contribution >= 4 is 38.6 Å². The smallest absolute Gasteiger partial charge is 0.222 e. The van der Waals surface area contributed by atoms with Crippen molar-refractivity contribution in [3.8, 4) is 11.5 Å². The fourth-order valence-electron chi connectivity index (χ4n) is 2.47. The molecule has 3 rings (SSSR count). The largest absolute Gasteiger partial charge is 0.456 e. The van der Waals surface area contributed by atoms with Gasteiger partial charge in [-0.15, -0.1) is 0 Å². The topological polar surface area (TPSA) is 87.0 Å². The van der Waals surface area contributed by atoms with Crippen LogP contribution in [0.2, 0.25) is 0 Å². The Balaban J connectivity index is 2.04. The molecular formula is C18H19BrN4O. The summed E-state index contributed by atoms with van der Waals surface area (Å²) in [7, 11) is 0. The van der Waals surface area contributed by atoms with E-state index in [-0.39, 0.29) is 11.4 Å². The molecule has 0 amide bonds. The van der Waals surface area contributed by atoms with Crippen LogP contribution in [0, 0.1) is 0 Å². The van der Waals surface area contributed by atoms with Gasteiger partial charge in [-0.25, -0.2) is 4.98 Å². The number of nitrogen functional groups attached to an aromatic ring is 2. The van der Waals surface area contributed by atoms with Gasteiger partial charge in [0, 0.05) is 4.47 Å². The molecule has 0 bridgehead atoms. The summed E-state index contributed by atoms with van der Waals surface area (Å²) < 4.78 is 6.86. The Morgan fingerprint density at radius 3 is 2.29 bits per heavy atom. The molecule has 0 saturated carbocycles. The van der Waals surface area contributed by atoms with Gasteiger partial charge >= 0.3 is 0 Å². The van der Waals surface area contributed by atoms with Gasteiger partial charge in [-0.1, -0.05) is 48.8 Å². The van der Waals surface area contributed by atoms with E-state index in [0.29, 0.717) is 22.5 Å². The van der Waals surface area contributed by atoms with E-state index in [1.807, 2.05) is 24.3 Å². The Morgan fingerprint density at radius 1 is 1.00 bits per heavy atom. The summed E-state index contributed by atoms with van der Waals surface area (Å²) >= 11 is 3.46. The molecule has 0 aliphatic rings. The predicted molar refractivity (Wildman–Crippen MR) is 101 cm³/mol. The third kappa shape index (κ3) is 3.28. The van der Waals surface area contributed by atoms with Crippen LogP contribution in [0.5, 0.6) is 11.5 Å². The fraction of sp³-hybridized carbons (Fsp3) is 0.222. The Morgan fingerprint density at radius 2 is 1.67 bits per heavy atom. The van der Waals surface area contributed by atoms with Gasteiger partial charge in [-0.2, -0.15) is 4.98 Å². The van der Waals surface area contributed by atoms with E-state index in [4.69, 9.17) is 16.2 Å². The van der Waals surface area contributed by atoms with Crippen molar-refractivity contribution in [3.63, 3.8) is 0 Å². The van der Waals surface area contributed by atoms with Gasteiger partial charge < -0.3 is 16.2 Å². The molecule has 5 nitrogen and oxygen atoms in total. The zero-order chi connectivity index (χ0) is 17.5. The molecule has 3 aromatic rings. The molecule has 0 saturated heterocycles. The van der Waals surface area contributed by atoms with E-state index in [1.165, 1.54) is 5.56 Å². The second-order valence-electron chi connectivity index (χ2n) is 6.64. The van der Waals surface area contributed by atoms with Gasteiger partial charge in [0.25, 0.3) is 0 Å². The van der Waals surface area contributed by atoms with Crippen LogP contribution in [0.3, 0.4) is 0 Å². The minimum absolute atomic E-state index is 0.0940. The lowest BCUT2D eigenvalue weighted by Gasteiger charge is -2.19. The summed E-state index contributed by atoms with van der Waals surface area (Å²) in [6.07, 6.45) is 0. The van der Waals surface area contributed by atoms with Crippen LogP contribution < -0.4 is 16.2 Å². The number of anilines is 2. The standard InChI is InChI=1S/C18H19BrN4O/c1-18(2,3)10-4-6-12(7-5-10)24-14-9-11(19)8-13-15(14)16(20)23-17(21)22-13/h4-9H,1-3H3,(H4,20,21,22,23). The van der Waals surface area contributed by atoms with Gasteiger partial charge in [-0.3, -0.25) is 0 Å². The van der Waals surface area contributed by atoms with Crippen molar-refractivity contribution in [1.82, 2.24) is 9.97 Å². The molecule has 1 aromatic heterocycles. The highest BCUT2D eigenvalue weighted by Crippen LogP contribution is 2.36. The summed E-state index contributed by atoms with van der Waals surface area (Å²) in [4.78, 5) is 8.25. The van der Waals surface area contributed by atoms with E-state index >= 15 is 0 Å². The quantitative estimate of drug-likeness (QED) is 0.669. The fourth-order valence-corrected chi connectivity index (χ4v) is 2.90. The Labute approximate surface area is 149 Å². The van der Waals surface area contributed by atoms with Gasteiger partial charge in [0.2, 0.25) is 5.95 Å². The number of halogens is 1. The lowest BCUT2D eigenvalue weighted by Crippen LogP contribution is -2.10. The molecule has 4 N–H and O–H groups in total. The highest BCUT2D eigenvalue weighted by molar-refractivity contribution is 9.10. The summed E-state index contributed by atoms with van der Waals surface area (Å²) in [6.45, 7) is 6.52. The summed E-state index contributed by atoms with van der Waals surface area (Å²) in [5.74, 6) is 1.74. The van der Waals surface area contributed by atoms with Crippen LogP contribution in [0.25, 0.3) is 10.9 Å². The monoisotopic (exact) mass is 386 g/mol. The van der Waals surface area contributed by atoms with E-state index in [9.17, 15) is 0 Å². The van der Waals surface area contributed by atoms with Crippen molar-refractivity contribution in [2.75, 3.05) is 11.5 Å².